The molecule has 2 saturated heterocycles. The van der Waals surface area contributed by atoms with E-state index in [9.17, 15) is 4.79 Å². The Kier molecular flexibility index (Phi) is 7.02. The van der Waals surface area contributed by atoms with E-state index in [0.29, 0.717) is 18.2 Å². The van der Waals surface area contributed by atoms with Gasteiger partial charge in [-0.05, 0) is 62.6 Å². The number of hydrogen-bond donors (Lipinski definition) is 1. The highest BCUT2D eigenvalue weighted by Crippen LogP contribution is 2.43. The highest BCUT2D eigenvalue weighted by atomic mass is 32.1. The number of aromatic amines is 1. The highest BCUT2D eigenvalue weighted by Gasteiger charge is 2.51. The Labute approximate surface area is 270 Å². The molecule has 0 saturated carbocycles. The van der Waals surface area contributed by atoms with E-state index in [4.69, 9.17) is 4.98 Å². The summed E-state index contributed by atoms with van der Waals surface area (Å²) in [5.41, 5.74) is 6.15. The van der Waals surface area contributed by atoms with Crippen LogP contribution in [0.25, 0.3) is 38.6 Å². The lowest BCUT2D eigenvalue weighted by molar-refractivity contribution is -0.125. The molecule has 0 aliphatic carbocycles. The number of anilines is 1. The molecule has 3 aliphatic rings. The summed E-state index contributed by atoms with van der Waals surface area (Å²) in [4.78, 5) is 39.9. The van der Waals surface area contributed by atoms with Gasteiger partial charge in [-0.3, -0.25) is 29.4 Å². The van der Waals surface area contributed by atoms with Gasteiger partial charge in [-0.15, -0.1) is 11.3 Å². The van der Waals surface area contributed by atoms with Crippen LogP contribution in [0.15, 0.2) is 61.3 Å². The number of hydrogen-bond acceptors (Lipinski definition) is 10. The van der Waals surface area contributed by atoms with Crippen LogP contribution in [0.1, 0.15) is 30.0 Å². The smallest absolute Gasteiger partial charge is 0.235 e. The fourth-order valence-corrected chi connectivity index (χ4v) is 7.77. The maximum absolute atomic E-state index is 14.0. The van der Waals surface area contributed by atoms with E-state index in [1.54, 1.807) is 22.3 Å². The van der Waals surface area contributed by atoms with Crippen LogP contribution in [-0.4, -0.2) is 94.9 Å². The number of aryl methyl sites for hydroxylation is 2. The molecule has 1 N–H and O–H groups in total. The number of nitrogens with one attached hydrogen (secondary N) is 1. The third-order valence-electron chi connectivity index (χ3n) is 9.46. The molecule has 234 valence electrons. The first-order valence-electron chi connectivity index (χ1n) is 15.6. The van der Waals surface area contributed by atoms with Crippen LogP contribution in [0.5, 0.6) is 0 Å². The third kappa shape index (κ3) is 5.09. The monoisotopic (exact) mass is 633 g/mol. The molecule has 0 aromatic carbocycles. The van der Waals surface area contributed by atoms with Gasteiger partial charge in [-0.25, -0.2) is 15.0 Å². The van der Waals surface area contributed by atoms with Gasteiger partial charge < -0.3 is 4.90 Å². The second-order valence-corrected chi connectivity index (χ2v) is 13.6. The van der Waals surface area contributed by atoms with Gasteiger partial charge in [0.25, 0.3) is 0 Å². The molecule has 8 heterocycles. The standard InChI is InChI=1S/C33H35N11OS/c1-21-4-5-24(16-34-21)28-29-25(38-39-28)6-7-27(37-29)44-15-11-33(32(44)45)10-14-42(19-33)18-22(2)43-12-8-23(9-13-43)31-35-17-26(46-31)30-36-20-41(3)40-30/h4-8,16-17,20H,2,9-15,18-19H2,1,3H3,(H,38,39)/t33-/m0/s1. The highest BCUT2D eigenvalue weighted by molar-refractivity contribution is 7.16. The van der Waals surface area contributed by atoms with E-state index in [2.05, 4.69) is 52.7 Å². The van der Waals surface area contributed by atoms with Gasteiger partial charge in [0.15, 0.2) is 5.82 Å². The van der Waals surface area contributed by atoms with E-state index in [1.807, 2.05) is 55.5 Å². The van der Waals surface area contributed by atoms with Crippen molar-refractivity contribution >= 4 is 39.7 Å². The van der Waals surface area contributed by atoms with Crippen molar-refractivity contribution in [2.45, 2.75) is 26.2 Å². The summed E-state index contributed by atoms with van der Waals surface area (Å²) >= 11 is 1.64. The summed E-state index contributed by atoms with van der Waals surface area (Å²) < 4.78 is 1.71. The third-order valence-corrected chi connectivity index (χ3v) is 10.5. The van der Waals surface area contributed by atoms with Gasteiger partial charge in [0, 0.05) is 69.1 Å². The zero-order valence-electron chi connectivity index (χ0n) is 26.0. The van der Waals surface area contributed by atoms with Gasteiger partial charge >= 0.3 is 0 Å². The number of thiazole rings is 1. The second kappa shape index (κ2) is 11.2. The number of likely N-dealkylation sites (tertiary alicyclic amines) is 1. The summed E-state index contributed by atoms with van der Waals surface area (Å²) in [7, 11) is 1.87. The van der Waals surface area contributed by atoms with Gasteiger partial charge in [-0.1, -0.05) is 12.7 Å². The number of H-pyrrole nitrogens is 1. The first-order chi connectivity index (χ1) is 22.3. The van der Waals surface area contributed by atoms with Crippen LogP contribution >= 0.6 is 11.3 Å². The molecule has 1 atom stereocenters. The first kappa shape index (κ1) is 28.7. The molecule has 2 fully saturated rings. The summed E-state index contributed by atoms with van der Waals surface area (Å²) in [5, 5.41) is 13.0. The topological polar surface area (TPSA) is 125 Å². The Morgan fingerprint density at radius 1 is 1.09 bits per heavy atom. The minimum Gasteiger partial charge on any atom is -0.370 e. The Morgan fingerprint density at radius 3 is 2.76 bits per heavy atom. The predicted octanol–water partition coefficient (Wildman–Crippen LogP) is 4.31. The lowest BCUT2D eigenvalue weighted by Gasteiger charge is -2.32. The predicted molar refractivity (Wildman–Crippen MR) is 178 cm³/mol. The fourth-order valence-electron chi connectivity index (χ4n) is 6.85. The maximum Gasteiger partial charge on any atom is 0.235 e. The van der Waals surface area contributed by atoms with E-state index < -0.39 is 0 Å². The molecule has 1 spiro atoms. The zero-order valence-corrected chi connectivity index (χ0v) is 26.8. The molecule has 8 rings (SSSR count). The van der Waals surface area contributed by atoms with Crippen molar-refractivity contribution in [2.75, 3.05) is 44.2 Å². The number of pyridine rings is 2. The van der Waals surface area contributed by atoms with Gasteiger partial charge in [-0.2, -0.15) is 10.2 Å². The normalized spacial score (nSPS) is 20.4. The lowest BCUT2D eigenvalue weighted by atomic mass is 9.85. The van der Waals surface area contributed by atoms with Crippen LogP contribution in [0.3, 0.4) is 0 Å². The summed E-state index contributed by atoms with van der Waals surface area (Å²) in [6.07, 6.45) is 10.2. The molecule has 0 unspecified atom stereocenters. The van der Waals surface area contributed by atoms with Gasteiger partial charge in [0.1, 0.15) is 28.4 Å². The van der Waals surface area contributed by atoms with Crippen LogP contribution in [0.2, 0.25) is 0 Å². The Bertz CT molecular complexity index is 1990. The molecule has 5 aromatic heterocycles. The van der Waals surface area contributed by atoms with Crippen molar-refractivity contribution in [1.29, 1.82) is 0 Å². The summed E-state index contributed by atoms with van der Waals surface area (Å²) in [6, 6.07) is 7.85. The van der Waals surface area contributed by atoms with Crippen LogP contribution < -0.4 is 4.90 Å². The minimum absolute atomic E-state index is 0.170. The van der Waals surface area contributed by atoms with Gasteiger partial charge in [0.2, 0.25) is 5.91 Å². The molecule has 46 heavy (non-hydrogen) atoms. The molecular formula is C33H35N11OS. The maximum atomic E-state index is 14.0. The van der Waals surface area contributed by atoms with E-state index in [-0.39, 0.29) is 11.3 Å². The molecule has 13 heteroatoms. The number of carbonyl (C=O) groups excluding carboxylic acids is 1. The fraction of sp³-hybridized carbons (Fsp3) is 0.364. The van der Waals surface area contributed by atoms with Crippen molar-refractivity contribution in [3.8, 4) is 22.0 Å². The number of rotatable bonds is 7. The van der Waals surface area contributed by atoms with E-state index in [1.165, 1.54) is 5.57 Å². The van der Waals surface area contributed by atoms with Crippen molar-refractivity contribution < 1.29 is 4.79 Å². The van der Waals surface area contributed by atoms with E-state index in [0.717, 1.165) is 95.6 Å². The lowest BCUT2D eigenvalue weighted by Crippen LogP contribution is -2.39. The van der Waals surface area contributed by atoms with Crippen molar-refractivity contribution in [3.63, 3.8) is 0 Å². The molecule has 1 amide bonds. The molecule has 0 bridgehead atoms. The zero-order chi connectivity index (χ0) is 31.4. The molecular weight excluding hydrogens is 599 g/mol. The van der Waals surface area contributed by atoms with Crippen LogP contribution in [0.4, 0.5) is 5.82 Å². The molecule has 3 aliphatic heterocycles. The molecule has 0 radical (unpaired) electrons. The van der Waals surface area contributed by atoms with Crippen LogP contribution in [0, 0.1) is 12.3 Å². The number of carbonyl (C=O) groups is 1. The molecule has 5 aromatic rings. The second-order valence-electron chi connectivity index (χ2n) is 12.5. The minimum atomic E-state index is -0.378. The van der Waals surface area contributed by atoms with Gasteiger partial charge in [0.05, 0.1) is 15.8 Å². The number of amides is 1. The van der Waals surface area contributed by atoms with Crippen molar-refractivity contribution in [1.82, 2.24) is 49.7 Å². The quantitative estimate of drug-likeness (QED) is 0.279. The summed E-state index contributed by atoms with van der Waals surface area (Å²) in [6.45, 7) is 11.2. The Hall–Kier alpha value is -4.75. The van der Waals surface area contributed by atoms with Crippen molar-refractivity contribution in [3.05, 3.63) is 72.0 Å². The number of aromatic nitrogens is 8. The largest absolute Gasteiger partial charge is 0.370 e. The number of fused-ring (bicyclic) bond motifs is 1. The van der Waals surface area contributed by atoms with Crippen molar-refractivity contribution in [2.24, 2.45) is 12.5 Å². The molecule has 12 nitrogen and oxygen atoms in total. The number of nitrogens with zero attached hydrogens (tertiary/aromatic N) is 10. The van der Waals surface area contributed by atoms with Crippen LogP contribution in [-0.2, 0) is 11.8 Å². The average molecular weight is 634 g/mol. The Morgan fingerprint density at radius 2 is 1.98 bits per heavy atom. The average Bonchev–Trinajstić information content (AvgIpc) is 3.91. The SMILES string of the molecule is C=C(CN1CC[C@]2(CCN(c3ccc4[nH]nc(-c5ccc(C)nc5)c4n3)C2=O)C1)N1CC=C(c2ncc(-c3ncn(C)n3)s2)CC1. The summed E-state index contributed by atoms with van der Waals surface area (Å²) in [5.74, 6) is 1.56. The first-order valence-corrected chi connectivity index (χ1v) is 16.4. The Balaban J connectivity index is 0.903. The van der Waals surface area contributed by atoms with E-state index >= 15 is 0 Å².